The number of piperazine rings is 1. The van der Waals surface area contributed by atoms with E-state index in [0.717, 1.165) is 38.3 Å². The molecule has 0 aromatic heterocycles. The first-order valence-corrected chi connectivity index (χ1v) is 7.80. The van der Waals surface area contributed by atoms with E-state index in [2.05, 4.69) is 26.9 Å². The van der Waals surface area contributed by atoms with Crippen molar-refractivity contribution in [2.75, 3.05) is 47.0 Å². The van der Waals surface area contributed by atoms with Gasteiger partial charge in [-0.1, -0.05) is 29.4 Å². The minimum Gasteiger partial charge on any atom is -0.376 e. The smallest absolute Gasteiger partial charge is 0.101 e. The summed E-state index contributed by atoms with van der Waals surface area (Å²) in [6, 6.07) is 7.08. The summed E-state index contributed by atoms with van der Waals surface area (Å²) in [7, 11) is 3.64. The van der Waals surface area contributed by atoms with E-state index in [9.17, 15) is 4.39 Å². The van der Waals surface area contributed by atoms with E-state index in [1.54, 1.807) is 0 Å². The second-order valence-electron chi connectivity index (χ2n) is 5.90. The van der Waals surface area contributed by atoms with Gasteiger partial charge in [-0.2, -0.15) is 0 Å². The number of halogens is 1. The Labute approximate surface area is 136 Å². The summed E-state index contributed by atoms with van der Waals surface area (Å²) < 4.78 is 18.4. The summed E-state index contributed by atoms with van der Waals surface area (Å²) in [4.78, 5) is 7.45. The number of azide groups is 1. The van der Waals surface area contributed by atoms with Crippen LogP contribution in [0.3, 0.4) is 0 Å². The molecular formula is C16H24FN5O. The number of hydrogen-bond donors (Lipinski definition) is 0. The average molecular weight is 321 g/mol. The number of likely N-dealkylation sites (N-methyl/N-ethyl adjacent to an activating group) is 1. The Balaban J connectivity index is 2.01. The van der Waals surface area contributed by atoms with Crippen LogP contribution in [0.1, 0.15) is 17.2 Å². The summed E-state index contributed by atoms with van der Waals surface area (Å²) in [5.41, 5.74) is 10.6. The molecule has 0 unspecified atom stereocenters. The molecule has 0 bridgehead atoms. The molecule has 1 fully saturated rings. The fraction of sp³-hybridized carbons (Fsp3) is 0.625. The van der Waals surface area contributed by atoms with E-state index < -0.39 is 18.8 Å². The molecule has 1 aliphatic rings. The lowest BCUT2D eigenvalue weighted by Crippen LogP contribution is -2.43. The van der Waals surface area contributed by atoms with Crippen molar-refractivity contribution in [3.8, 4) is 0 Å². The number of rotatable bonds is 7. The van der Waals surface area contributed by atoms with Crippen molar-refractivity contribution in [1.29, 1.82) is 0 Å². The lowest BCUT2D eigenvalue weighted by atomic mass is 10.0. The fourth-order valence-electron chi connectivity index (χ4n) is 2.83. The van der Waals surface area contributed by atoms with E-state index in [1.165, 1.54) is 12.7 Å². The van der Waals surface area contributed by atoms with Crippen molar-refractivity contribution in [1.82, 2.24) is 9.80 Å². The number of hydrogen-bond acceptors (Lipinski definition) is 4. The van der Waals surface area contributed by atoms with Crippen LogP contribution in [0.15, 0.2) is 29.4 Å². The first-order chi connectivity index (χ1) is 11.2. The normalized spacial score (nSPS) is 19.1. The van der Waals surface area contributed by atoms with Gasteiger partial charge in [0, 0.05) is 44.7 Å². The third-order valence-corrected chi connectivity index (χ3v) is 4.27. The zero-order valence-corrected chi connectivity index (χ0v) is 13.7. The Bertz CT molecular complexity index is 524. The monoisotopic (exact) mass is 321 g/mol. The molecule has 1 aromatic carbocycles. The number of ether oxygens (including phenoxy) is 1. The van der Waals surface area contributed by atoms with Crippen LogP contribution in [0.5, 0.6) is 0 Å². The fourth-order valence-corrected chi connectivity index (χ4v) is 2.83. The van der Waals surface area contributed by atoms with Crippen LogP contribution < -0.4 is 0 Å². The lowest BCUT2D eigenvalue weighted by molar-refractivity contribution is 0.0721. The molecule has 1 aromatic rings. The van der Waals surface area contributed by atoms with Crippen LogP contribution in [0, 0.1) is 0 Å². The molecule has 0 saturated carbocycles. The van der Waals surface area contributed by atoms with Gasteiger partial charge in [-0.25, -0.2) is 0 Å². The second kappa shape index (κ2) is 8.84. The number of methoxy groups -OCH3 is 1. The van der Waals surface area contributed by atoms with E-state index >= 15 is 0 Å². The van der Waals surface area contributed by atoms with Gasteiger partial charge in [0.25, 0.3) is 0 Å². The molecular weight excluding hydrogens is 297 g/mol. The highest BCUT2D eigenvalue weighted by atomic mass is 19.1. The van der Waals surface area contributed by atoms with Crippen molar-refractivity contribution in [2.24, 2.45) is 5.11 Å². The molecule has 0 spiro atoms. The largest absolute Gasteiger partial charge is 0.376 e. The number of alkyl halides is 1. The van der Waals surface area contributed by atoms with Crippen LogP contribution in [-0.2, 0) is 11.3 Å². The van der Waals surface area contributed by atoms with Gasteiger partial charge >= 0.3 is 0 Å². The zero-order chi connectivity index (χ0) is 16.7. The Morgan fingerprint density at radius 3 is 2.43 bits per heavy atom. The topological polar surface area (TPSA) is 64.5 Å². The number of nitrogens with zero attached hydrogens (tertiary/aromatic N) is 5. The number of benzene rings is 1. The molecule has 2 rings (SSSR count). The summed E-state index contributed by atoms with van der Waals surface area (Å²) in [6.45, 7) is 4.49. The molecule has 0 radical (unpaired) electrons. The highest BCUT2D eigenvalue weighted by Crippen LogP contribution is 2.24. The van der Waals surface area contributed by atoms with Gasteiger partial charge in [-0.15, -0.1) is 0 Å². The molecule has 1 heterocycles. The van der Waals surface area contributed by atoms with Gasteiger partial charge in [0.1, 0.15) is 6.67 Å². The Morgan fingerprint density at radius 2 is 1.91 bits per heavy atom. The molecule has 7 heteroatoms. The van der Waals surface area contributed by atoms with E-state index in [0.29, 0.717) is 0 Å². The maximum atomic E-state index is 13.0. The predicted molar refractivity (Wildman–Crippen MR) is 87.9 cm³/mol. The summed E-state index contributed by atoms with van der Waals surface area (Å²) >= 11 is 0. The van der Waals surface area contributed by atoms with Gasteiger partial charge in [-0.05, 0) is 23.7 Å². The van der Waals surface area contributed by atoms with Gasteiger partial charge < -0.3 is 9.64 Å². The van der Waals surface area contributed by atoms with Gasteiger partial charge in [0.2, 0.25) is 0 Å². The Morgan fingerprint density at radius 1 is 1.26 bits per heavy atom. The predicted octanol–water partition coefficient (Wildman–Crippen LogP) is 2.77. The minimum atomic E-state index is -0.839. The molecule has 126 valence electrons. The van der Waals surface area contributed by atoms with E-state index in [-0.39, 0.29) is 0 Å². The molecule has 6 nitrogen and oxygen atoms in total. The van der Waals surface area contributed by atoms with Gasteiger partial charge in [0.05, 0.1) is 12.1 Å². The summed E-state index contributed by atoms with van der Waals surface area (Å²) in [6.07, 6.45) is -0.561. The van der Waals surface area contributed by atoms with Gasteiger partial charge in [-0.3, -0.25) is 9.29 Å². The summed E-state index contributed by atoms with van der Waals surface area (Å²) in [5.74, 6) is 0. The Kier molecular flexibility index (Phi) is 6.80. The third kappa shape index (κ3) is 4.91. The minimum absolute atomic E-state index is 0.561. The SMILES string of the molecule is CO[C@H](c1ccc(CN2CCN(C)CC2)cc1)[C@@H](CF)N=[N+]=[N-]. The van der Waals surface area contributed by atoms with Crippen LogP contribution in [0.4, 0.5) is 4.39 Å². The third-order valence-electron chi connectivity index (χ3n) is 4.27. The Hall–Kier alpha value is -1.66. The van der Waals surface area contributed by atoms with Crippen LogP contribution in [-0.4, -0.2) is 62.9 Å². The summed E-state index contributed by atoms with van der Waals surface area (Å²) in [5, 5.41) is 3.48. The molecule has 0 N–H and O–H groups in total. The molecule has 2 atom stereocenters. The van der Waals surface area contributed by atoms with E-state index in [1.807, 2.05) is 24.3 Å². The van der Waals surface area contributed by atoms with Crippen molar-refractivity contribution < 1.29 is 9.13 Å². The molecule has 0 amide bonds. The van der Waals surface area contributed by atoms with E-state index in [4.69, 9.17) is 10.3 Å². The second-order valence-corrected chi connectivity index (χ2v) is 5.90. The lowest BCUT2D eigenvalue weighted by Gasteiger charge is -2.32. The molecule has 23 heavy (non-hydrogen) atoms. The van der Waals surface area contributed by atoms with Crippen LogP contribution >= 0.6 is 0 Å². The molecule has 1 saturated heterocycles. The quantitative estimate of drug-likeness (QED) is 0.441. The highest BCUT2D eigenvalue weighted by molar-refractivity contribution is 5.25. The van der Waals surface area contributed by atoms with Crippen molar-refractivity contribution in [3.63, 3.8) is 0 Å². The average Bonchev–Trinajstić information content (AvgIpc) is 2.58. The molecule has 1 aliphatic heterocycles. The highest BCUT2D eigenvalue weighted by Gasteiger charge is 2.22. The van der Waals surface area contributed by atoms with Crippen LogP contribution in [0.25, 0.3) is 10.4 Å². The van der Waals surface area contributed by atoms with Crippen molar-refractivity contribution in [3.05, 3.63) is 45.8 Å². The maximum absolute atomic E-state index is 13.0. The first kappa shape index (κ1) is 17.7. The van der Waals surface area contributed by atoms with Crippen molar-refractivity contribution in [2.45, 2.75) is 18.7 Å². The van der Waals surface area contributed by atoms with Gasteiger partial charge in [0.15, 0.2) is 0 Å². The van der Waals surface area contributed by atoms with Crippen LogP contribution in [0.2, 0.25) is 0 Å². The standard InChI is InChI=1S/C16H24FN5O/c1-21-7-9-22(10-8-21)12-13-3-5-14(6-4-13)16(23-2)15(11-17)19-20-18/h3-6,15-16H,7-12H2,1-2H3/t15-,16-/m1/s1. The molecule has 0 aliphatic carbocycles. The van der Waals surface area contributed by atoms with Crippen molar-refractivity contribution >= 4 is 0 Å². The maximum Gasteiger partial charge on any atom is 0.101 e. The zero-order valence-electron chi connectivity index (χ0n) is 13.7. The first-order valence-electron chi connectivity index (χ1n) is 7.80.